The summed E-state index contributed by atoms with van der Waals surface area (Å²) in [5, 5.41) is 2.79. The van der Waals surface area contributed by atoms with Gasteiger partial charge in [0.15, 0.2) is 0 Å². The largest absolute Gasteiger partial charge is 0.346 e. The van der Waals surface area contributed by atoms with Crippen molar-refractivity contribution >= 4 is 11.8 Å². The van der Waals surface area contributed by atoms with Gasteiger partial charge in [-0.05, 0) is 37.5 Å². The Hall–Kier alpha value is -2.76. The zero-order chi connectivity index (χ0) is 16.8. The van der Waals surface area contributed by atoms with Gasteiger partial charge in [-0.3, -0.25) is 19.6 Å². The summed E-state index contributed by atoms with van der Waals surface area (Å²) in [4.78, 5) is 34.8. The first-order chi connectivity index (χ1) is 11.7. The average molecular weight is 324 g/mol. The molecule has 6 nitrogen and oxygen atoms in total. The second kappa shape index (κ2) is 7.68. The van der Waals surface area contributed by atoms with Crippen LogP contribution in [0.3, 0.4) is 0 Å². The van der Waals surface area contributed by atoms with Crippen molar-refractivity contribution < 1.29 is 9.59 Å². The smallest absolute Gasteiger partial charge is 0.255 e. The van der Waals surface area contributed by atoms with Crippen molar-refractivity contribution in [2.45, 2.75) is 25.8 Å². The summed E-state index contributed by atoms with van der Waals surface area (Å²) in [6, 6.07) is 7.14. The average Bonchev–Trinajstić information content (AvgIpc) is 2.67. The van der Waals surface area contributed by atoms with E-state index in [0.717, 1.165) is 38.0 Å². The molecule has 0 radical (unpaired) electrons. The molecule has 0 saturated carbocycles. The van der Waals surface area contributed by atoms with Gasteiger partial charge in [0.25, 0.3) is 11.8 Å². The molecule has 0 aliphatic carbocycles. The molecule has 1 aliphatic heterocycles. The molecule has 1 aliphatic rings. The Morgan fingerprint density at radius 3 is 2.62 bits per heavy atom. The summed E-state index contributed by atoms with van der Waals surface area (Å²) in [5.74, 6) is -0.317. The van der Waals surface area contributed by atoms with Gasteiger partial charge in [0.2, 0.25) is 0 Å². The molecule has 0 spiro atoms. The molecule has 1 saturated heterocycles. The number of carbonyl (C=O) groups is 2. The van der Waals surface area contributed by atoms with Crippen LogP contribution in [0.5, 0.6) is 0 Å². The van der Waals surface area contributed by atoms with E-state index in [1.807, 2.05) is 23.1 Å². The van der Waals surface area contributed by atoms with Crippen LogP contribution in [0.4, 0.5) is 0 Å². The predicted octanol–water partition coefficient (Wildman–Crippen LogP) is 2.03. The van der Waals surface area contributed by atoms with Crippen molar-refractivity contribution in [3.05, 3.63) is 59.7 Å². The van der Waals surface area contributed by atoms with Crippen LogP contribution in [0.25, 0.3) is 0 Å². The molecule has 124 valence electrons. The van der Waals surface area contributed by atoms with E-state index in [1.165, 1.54) is 12.4 Å². The SMILES string of the molecule is O=C(NCc1ccccn1)c1cncc(C(=O)N2CCCCC2)c1. The summed E-state index contributed by atoms with van der Waals surface area (Å²) < 4.78 is 0. The van der Waals surface area contributed by atoms with E-state index in [0.29, 0.717) is 17.7 Å². The van der Waals surface area contributed by atoms with Crippen LogP contribution in [0.15, 0.2) is 42.9 Å². The first-order valence-corrected chi connectivity index (χ1v) is 8.16. The lowest BCUT2D eigenvalue weighted by atomic mass is 10.1. The first kappa shape index (κ1) is 16.1. The lowest BCUT2D eigenvalue weighted by Crippen LogP contribution is -2.35. The molecule has 0 aromatic carbocycles. The molecule has 24 heavy (non-hydrogen) atoms. The highest BCUT2D eigenvalue weighted by atomic mass is 16.2. The molecule has 1 fully saturated rings. The number of hydrogen-bond donors (Lipinski definition) is 1. The van der Waals surface area contributed by atoms with Gasteiger partial charge in [0, 0.05) is 31.7 Å². The lowest BCUT2D eigenvalue weighted by Gasteiger charge is -2.26. The molecule has 3 rings (SSSR count). The van der Waals surface area contributed by atoms with Gasteiger partial charge in [-0.2, -0.15) is 0 Å². The van der Waals surface area contributed by atoms with Crippen molar-refractivity contribution in [3.63, 3.8) is 0 Å². The van der Waals surface area contributed by atoms with Gasteiger partial charge in [0.1, 0.15) is 0 Å². The summed E-state index contributed by atoms with van der Waals surface area (Å²) in [6.07, 6.45) is 7.90. The maximum absolute atomic E-state index is 12.5. The topological polar surface area (TPSA) is 75.2 Å². The van der Waals surface area contributed by atoms with Crippen LogP contribution in [0.2, 0.25) is 0 Å². The standard InChI is InChI=1S/C18H20N4O2/c23-17(21-13-16-6-2-3-7-20-16)14-10-15(12-19-11-14)18(24)22-8-4-1-5-9-22/h2-3,6-7,10-12H,1,4-5,8-9,13H2,(H,21,23). The summed E-state index contributed by atoms with van der Waals surface area (Å²) in [5.41, 5.74) is 1.62. The first-order valence-electron chi connectivity index (χ1n) is 8.16. The van der Waals surface area contributed by atoms with Gasteiger partial charge in [-0.1, -0.05) is 6.07 Å². The number of likely N-dealkylation sites (tertiary alicyclic amines) is 1. The highest BCUT2D eigenvalue weighted by Gasteiger charge is 2.19. The van der Waals surface area contributed by atoms with Crippen LogP contribution in [0, 0.1) is 0 Å². The third kappa shape index (κ3) is 3.95. The van der Waals surface area contributed by atoms with E-state index < -0.39 is 0 Å². The Kier molecular flexibility index (Phi) is 5.15. The van der Waals surface area contributed by atoms with Crippen LogP contribution in [0.1, 0.15) is 45.7 Å². The monoisotopic (exact) mass is 324 g/mol. The maximum Gasteiger partial charge on any atom is 0.255 e. The van der Waals surface area contributed by atoms with Crippen molar-refractivity contribution in [1.29, 1.82) is 0 Å². The Bertz CT molecular complexity index is 712. The van der Waals surface area contributed by atoms with E-state index in [1.54, 1.807) is 12.3 Å². The Morgan fingerprint density at radius 2 is 1.88 bits per heavy atom. The van der Waals surface area contributed by atoms with Crippen LogP contribution in [-0.2, 0) is 6.54 Å². The molecule has 3 heterocycles. The minimum atomic E-state index is -0.263. The summed E-state index contributed by atoms with van der Waals surface area (Å²) in [6.45, 7) is 1.88. The highest BCUT2D eigenvalue weighted by molar-refractivity contribution is 5.99. The van der Waals surface area contributed by atoms with E-state index in [9.17, 15) is 9.59 Å². The van der Waals surface area contributed by atoms with Crippen molar-refractivity contribution in [2.24, 2.45) is 0 Å². The Morgan fingerprint density at radius 1 is 1.08 bits per heavy atom. The lowest BCUT2D eigenvalue weighted by molar-refractivity contribution is 0.0724. The van der Waals surface area contributed by atoms with Gasteiger partial charge in [0.05, 0.1) is 23.4 Å². The second-order valence-corrected chi connectivity index (χ2v) is 5.82. The highest BCUT2D eigenvalue weighted by Crippen LogP contribution is 2.13. The molecule has 2 aromatic heterocycles. The molecular weight excluding hydrogens is 304 g/mol. The van der Waals surface area contributed by atoms with E-state index >= 15 is 0 Å². The number of pyridine rings is 2. The molecule has 6 heteroatoms. The molecule has 0 atom stereocenters. The molecular formula is C18H20N4O2. The molecule has 1 N–H and O–H groups in total. The normalized spacial score (nSPS) is 14.2. The van der Waals surface area contributed by atoms with Crippen LogP contribution < -0.4 is 5.32 Å². The summed E-state index contributed by atoms with van der Waals surface area (Å²) in [7, 11) is 0. The minimum absolute atomic E-state index is 0.0541. The van der Waals surface area contributed by atoms with Crippen molar-refractivity contribution in [2.75, 3.05) is 13.1 Å². The Labute approximate surface area is 140 Å². The number of amides is 2. The van der Waals surface area contributed by atoms with Gasteiger partial charge in [-0.15, -0.1) is 0 Å². The number of carbonyl (C=O) groups excluding carboxylic acids is 2. The number of nitrogens with one attached hydrogen (secondary N) is 1. The fourth-order valence-corrected chi connectivity index (χ4v) is 2.74. The van der Waals surface area contributed by atoms with Crippen molar-refractivity contribution in [3.8, 4) is 0 Å². The zero-order valence-electron chi connectivity index (χ0n) is 13.4. The number of aromatic nitrogens is 2. The summed E-state index contributed by atoms with van der Waals surface area (Å²) >= 11 is 0. The van der Waals surface area contributed by atoms with Gasteiger partial charge < -0.3 is 10.2 Å². The third-order valence-corrected chi connectivity index (χ3v) is 4.05. The van der Waals surface area contributed by atoms with Crippen LogP contribution >= 0.6 is 0 Å². The third-order valence-electron chi connectivity index (χ3n) is 4.05. The number of nitrogens with zero attached hydrogens (tertiary/aromatic N) is 3. The molecule has 2 amide bonds. The van der Waals surface area contributed by atoms with E-state index in [2.05, 4.69) is 15.3 Å². The molecule has 0 unspecified atom stereocenters. The van der Waals surface area contributed by atoms with Gasteiger partial charge >= 0.3 is 0 Å². The zero-order valence-corrected chi connectivity index (χ0v) is 13.4. The minimum Gasteiger partial charge on any atom is -0.346 e. The van der Waals surface area contributed by atoms with Gasteiger partial charge in [-0.25, -0.2) is 0 Å². The van der Waals surface area contributed by atoms with E-state index in [4.69, 9.17) is 0 Å². The maximum atomic E-state index is 12.5. The second-order valence-electron chi connectivity index (χ2n) is 5.82. The Balaban J connectivity index is 1.65. The molecule has 0 bridgehead atoms. The van der Waals surface area contributed by atoms with Crippen molar-refractivity contribution in [1.82, 2.24) is 20.2 Å². The fourth-order valence-electron chi connectivity index (χ4n) is 2.74. The quantitative estimate of drug-likeness (QED) is 0.934. The fraction of sp³-hybridized carbons (Fsp3) is 0.333. The number of rotatable bonds is 4. The van der Waals surface area contributed by atoms with E-state index in [-0.39, 0.29) is 11.8 Å². The number of piperidine rings is 1. The number of hydrogen-bond acceptors (Lipinski definition) is 4. The molecule has 2 aromatic rings. The van der Waals surface area contributed by atoms with Crippen LogP contribution in [-0.4, -0.2) is 39.8 Å². The predicted molar refractivity (Wildman–Crippen MR) is 89.4 cm³/mol.